The molecule has 1 N–H and O–H groups in total. The molecule has 1 fully saturated rings. The van der Waals surface area contributed by atoms with E-state index in [2.05, 4.69) is 27.9 Å². The van der Waals surface area contributed by atoms with Crippen molar-refractivity contribution in [2.45, 2.75) is 5.92 Å². The van der Waals surface area contributed by atoms with Gasteiger partial charge in [0.05, 0.1) is 30.3 Å². The summed E-state index contributed by atoms with van der Waals surface area (Å²) in [4.78, 5) is 23.7. The molecule has 0 radical (unpaired) electrons. The molecule has 0 aliphatic carbocycles. The van der Waals surface area contributed by atoms with E-state index in [0.717, 1.165) is 5.52 Å². The van der Waals surface area contributed by atoms with Crippen molar-refractivity contribution >= 4 is 22.8 Å². The number of nitrogens with one attached hydrogen (secondary N) is 1. The van der Waals surface area contributed by atoms with E-state index in [-0.39, 0.29) is 0 Å². The largest absolute Gasteiger partial charge is 0.378 e. The molecule has 0 spiro atoms. The van der Waals surface area contributed by atoms with E-state index in [9.17, 15) is 10.1 Å². The lowest BCUT2D eigenvalue weighted by atomic mass is 10.0. The van der Waals surface area contributed by atoms with Gasteiger partial charge in [-0.05, 0) is 12.1 Å². The summed E-state index contributed by atoms with van der Waals surface area (Å²) in [6.45, 7) is 6.32. The van der Waals surface area contributed by atoms with E-state index in [1.807, 2.05) is 29.2 Å². The molecule has 1 amide bonds. The number of rotatable bonds is 5. The van der Waals surface area contributed by atoms with Gasteiger partial charge in [0, 0.05) is 19.6 Å². The number of hydrogen-bond acceptors (Lipinski definition) is 6. The number of anilines is 1. The van der Waals surface area contributed by atoms with Gasteiger partial charge in [-0.3, -0.25) is 4.79 Å². The SMILES string of the molecule is C=CCNC(=O)[C@H](C#N)c1nc2ccccc2nc1N1CCOCC1. The Kier molecular flexibility index (Phi) is 5.21. The number of nitrogens with zero attached hydrogens (tertiary/aromatic N) is 4. The van der Waals surface area contributed by atoms with Gasteiger partial charge in [0.2, 0.25) is 5.91 Å². The average molecular weight is 337 g/mol. The van der Waals surface area contributed by atoms with Crippen LogP contribution in [-0.2, 0) is 9.53 Å². The number of hydrogen-bond donors (Lipinski definition) is 1. The summed E-state index contributed by atoms with van der Waals surface area (Å²) >= 11 is 0. The number of morpholine rings is 1. The Morgan fingerprint density at radius 2 is 2.04 bits per heavy atom. The number of para-hydroxylation sites is 2. The van der Waals surface area contributed by atoms with Gasteiger partial charge in [-0.15, -0.1) is 6.58 Å². The van der Waals surface area contributed by atoms with Gasteiger partial charge in [-0.1, -0.05) is 18.2 Å². The maximum absolute atomic E-state index is 12.4. The maximum atomic E-state index is 12.4. The van der Waals surface area contributed by atoms with Gasteiger partial charge in [0.15, 0.2) is 11.7 Å². The first-order chi connectivity index (χ1) is 12.2. The quantitative estimate of drug-likeness (QED) is 0.829. The first kappa shape index (κ1) is 16.9. The molecule has 25 heavy (non-hydrogen) atoms. The molecule has 0 bridgehead atoms. The lowest BCUT2D eigenvalue weighted by Crippen LogP contribution is -2.38. The van der Waals surface area contributed by atoms with Crippen molar-refractivity contribution in [3.8, 4) is 6.07 Å². The highest BCUT2D eigenvalue weighted by Gasteiger charge is 2.29. The Hall–Kier alpha value is -2.98. The summed E-state index contributed by atoms with van der Waals surface area (Å²) in [5, 5.41) is 12.3. The smallest absolute Gasteiger partial charge is 0.243 e. The molecular weight excluding hydrogens is 318 g/mol. The molecule has 1 aliphatic rings. The number of carbonyl (C=O) groups is 1. The molecule has 1 aromatic carbocycles. The van der Waals surface area contributed by atoms with Crippen molar-refractivity contribution in [1.82, 2.24) is 15.3 Å². The third-order valence-electron chi connectivity index (χ3n) is 3.97. The molecule has 0 saturated carbocycles. The van der Waals surface area contributed by atoms with Gasteiger partial charge in [0.25, 0.3) is 0 Å². The summed E-state index contributed by atoms with van der Waals surface area (Å²) in [7, 11) is 0. The number of aromatic nitrogens is 2. The number of benzene rings is 1. The second-order valence-corrected chi connectivity index (χ2v) is 5.62. The lowest BCUT2D eigenvalue weighted by molar-refractivity contribution is -0.121. The highest BCUT2D eigenvalue weighted by atomic mass is 16.5. The minimum absolute atomic E-state index is 0.297. The van der Waals surface area contributed by atoms with E-state index in [1.165, 1.54) is 0 Å². The molecule has 128 valence electrons. The number of carbonyl (C=O) groups excluding carboxylic acids is 1. The summed E-state index contributed by atoms with van der Waals surface area (Å²) in [5.74, 6) is -0.862. The third kappa shape index (κ3) is 3.59. The highest BCUT2D eigenvalue weighted by molar-refractivity contribution is 5.89. The Bertz CT molecular complexity index is 824. The Morgan fingerprint density at radius 1 is 1.36 bits per heavy atom. The molecule has 7 heteroatoms. The topological polar surface area (TPSA) is 91.1 Å². The van der Waals surface area contributed by atoms with Gasteiger partial charge >= 0.3 is 0 Å². The molecule has 0 unspecified atom stereocenters. The zero-order chi connectivity index (χ0) is 17.6. The Labute approximate surface area is 145 Å². The van der Waals surface area contributed by atoms with Crippen LogP contribution in [-0.4, -0.2) is 48.7 Å². The number of amides is 1. The standard InChI is InChI=1S/C18H19N5O2/c1-2-7-20-18(24)13(12-19)16-17(23-8-10-25-11-9-23)22-15-6-4-3-5-14(15)21-16/h2-6,13H,1,7-11H2,(H,20,24)/t13-/m1/s1. The molecule has 2 heterocycles. The van der Waals surface area contributed by atoms with Crippen molar-refractivity contribution in [3.63, 3.8) is 0 Å². The molecule has 1 aliphatic heterocycles. The highest BCUT2D eigenvalue weighted by Crippen LogP contribution is 2.27. The normalized spacial score (nSPS) is 15.4. The van der Waals surface area contributed by atoms with Crippen LogP contribution in [0.4, 0.5) is 5.82 Å². The fraction of sp³-hybridized carbons (Fsp3) is 0.333. The Morgan fingerprint density at radius 3 is 2.68 bits per heavy atom. The van der Waals surface area contributed by atoms with Gasteiger partial charge in [-0.2, -0.15) is 5.26 Å². The van der Waals surface area contributed by atoms with E-state index >= 15 is 0 Å². The van der Waals surface area contributed by atoms with Crippen LogP contribution in [0.3, 0.4) is 0 Å². The molecule has 7 nitrogen and oxygen atoms in total. The third-order valence-corrected chi connectivity index (χ3v) is 3.97. The number of fused-ring (bicyclic) bond motifs is 1. The maximum Gasteiger partial charge on any atom is 0.243 e. The van der Waals surface area contributed by atoms with Crippen LogP contribution < -0.4 is 10.2 Å². The fourth-order valence-corrected chi connectivity index (χ4v) is 2.72. The van der Waals surface area contributed by atoms with Crippen molar-refractivity contribution in [2.75, 3.05) is 37.7 Å². The zero-order valence-electron chi connectivity index (χ0n) is 13.8. The fourth-order valence-electron chi connectivity index (χ4n) is 2.72. The van der Waals surface area contributed by atoms with E-state index in [1.54, 1.807) is 6.08 Å². The predicted octanol–water partition coefficient (Wildman–Crippen LogP) is 1.38. The predicted molar refractivity (Wildman–Crippen MR) is 94.1 cm³/mol. The van der Waals surface area contributed by atoms with Gasteiger partial charge in [-0.25, -0.2) is 9.97 Å². The Balaban J connectivity index is 2.08. The molecule has 3 rings (SSSR count). The zero-order valence-corrected chi connectivity index (χ0v) is 13.8. The summed E-state index contributed by atoms with van der Waals surface area (Å²) in [6.07, 6.45) is 1.57. The monoisotopic (exact) mass is 337 g/mol. The van der Waals surface area contributed by atoms with Gasteiger partial charge in [0.1, 0.15) is 5.69 Å². The van der Waals surface area contributed by atoms with Crippen molar-refractivity contribution in [1.29, 1.82) is 5.26 Å². The molecule has 1 saturated heterocycles. The minimum atomic E-state index is -1.03. The molecule has 1 aromatic heterocycles. The van der Waals surface area contributed by atoms with Crippen LogP contribution in [0.5, 0.6) is 0 Å². The van der Waals surface area contributed by atoms with Crippen LogP contribution in [0.1, 0.15) is 11.6 Å². The number of nitriles is 1. The van der Waals surface area contributed by atoms with Crippen molar-refractivity contribution < 1.29 is 9.53 Å². The second kappa shape index (κ2) is 7.73. The summed E-state index contributed by atoms with van der Waals surface area (Å²) in [5.41, 5.74) is 1.77. The average Bonchev–Trinajstić information content (AvgIpc) is 2.67. The molecular formula is C18H19N5O2. The van der Waals surface area contributed by atoms with Crippen molar-refractivity contribution in [3.05, 3.63) is 42.6 Å². The van der Waals surface area contributed by atoms with Crippen LogP contribution in [0.25, 0.3) is 11.0 Å². The van der Waals surface area contributed by atoms with Crippen LogP contribution >= 0.6 is 0 Å². The van der Waals surface area contributed by atoms with E-state index in [4.69, 9.17) is 4.74 Å². The first-order valence-corrected chi connectivity index (χ1v) is 8.12. The lowest BCUT2D eigenvalue weighted by Gasteiger charge is -2.29. The van der Waals surface area contributed by atoms with Gasteiger partial charge < -0.3 is 15.0 Å². The van der Waals surface area contributed by atoms with Crippen LogP contribution in [0, 0.1) is 11.3 Å². The van der Waals surface area contributed by atoms with E-state index in [0.29, 0.717) is 49.9 Å². The van der Waals surface area contributed by atoms with Crippen LogP contribution in [0.2, 0.25) is 0 Å². The van der Waals surface area contributed by atoms with Crippen LogP contribution in [0.15, 0.2) is 36.9 Å². The minimum Gasteiger partial charge on any atom is -0.378 e. The molecule has 2 aromatic rings. The molecule has 1 atom stereocenters. The number of ether oxygens (including phenoxy) is 1. The first-order valence-electron chi connectivity index (χ1n) is 8.12. The van der Waals surface area contributed by atoms with Crippen molar-refractivity contribution in [2.24, 2.45) is 0 Å². The summed E-state index contributed by atoms with van der Waals surface area (Å²) < 4.78 is 5.39. The van der Waals surface area contributed by atoms with E-state index < -0.39 is 11.8 Å². The second-order valence-electron chi connectivity index (χ2n) is 5.62. The summed E-state index contributed by atoms with van der Waals surface area (Å²) in [6, 6.07) is 9.50.